The molecule has 0 radical (unpaired) electrons. The third-order valence-electron chi connectivity index (χ3n) is 7.02. The maximum absolute atomic E-state index is 14.5. The van der Waals surface area contributed by atoms with Gasteiger partial charge in [0.25, 0.3) is 11.8 Å². The van der Waals surface area contributed by atoms with Gasteiger partial charge in [-0.3, -0.25) is 9.69 Å². The van der Waals surface area contributed by atoms with Gasteiger partial charge in [0.15, 0.2) is 5.96 Å². The maximum atomic E-state index is 14.5. The number of amides is 1. The smallest absolute Gasteiger partial charge is 0.369 e. The van der Waals surface area contributed by atoms with Crippen molar-refractivity contribution >= 4 is 21.9 Å². The monoisotopic (exact) mass is 566 g/mol. The molecule has 2 heterocycles. The van der Waals surface area contributed by atoms with E-state index in [2.05, 4.69) is 4.99 Å². The van der Waals surface area contributed by atoms with Gasteiger partial charge in [-0.25, -0.2) is 22.2 Å². The number of piperidine rings is 1. The van der Waals surface area contributed by atoms with Crippen LogP contribution in [0.25, 0.3) is 0 Å². The Hall–Kier alpha value is -2.28. The van der Waals surface area contributed by atoms with Crippen molar-refractivity contribution in [3.8, 4) is 0 Å². The largest absolute Gasteiger partial charge is 0.416 e. The number of guanidine groups is 1. The van der Waals surface area contributed by atoms with Crippen LogP contribution >= 0.6 is 0 Å². The van der Waals surface area contributed by atoms with Gasteiger partial charge in [0.05, 0.1) is 10.5 Å². The summed E-state index contributed by atoms with van der Waals surface area (Å²) in [5.41, 5.74) is 2.65. The lowest BCUT2D eigenvalue weighted by molar-refractivity contribution is -0.138. The highest BCUT2D eigenvalue weighted by molar-refractivity contribution is 7.89. The molecule has 0 aliphatic carbocycles. The molecule has 3 rings (SSSR count). The lowest BCUT2D eigenvalue weighted by Gasteiger charge is -2.33. The van der Waals surface area contributed by atoms with Gasteiger partial charge in [-0.05, 0) is 56.2 Å². The minimum atomic E-state index is -5.00. The summed E-state index contributed by atoms with van der Waals surface area (Å²) in [6.07, 6.45) is -4.55. The minimum absolute atomic E-state index is 0.00417. The molecule has 2 aliphatic heterocycles. The van der Waals surface area contributed by atoms with Crippen LogP contribution in [0.2, 0.25) is 0 Å². The molecule has 214 valence electrons. The van der Waals surface area contributed by atoms with Crippen molar-refractivity contribution in [3.63, 3.8) is 0 Å². The Morgan fingerprint density at radius 1 is 1.11 bits per heavy atom. The second-order valence-corrected chi connectivity index (χ2v) is 12.7. The minimum Gasteiger partial charge on any atom is -0.369 e. The fourth-order valence-corrected chi connectivity index (χ4v) is 6.72. The molecule has 1 atom stereocenters. The van der Waals surface area contributed by atoms with Crippen LogP contribution in [0.5, 0.6) is 0 Å². The predicted molar refractivity (Wildman–Crippen MR) is 133 cm³/mol. The number of carbonyl (C=O) groups is 1. The van der Waals surface area contributed by atoms with Crippen LogP contribution in [0.15, 0.2) is 28.1 Å². The Bertz CT molecular complexity index is 1180. The number of carbonyl (C=O) groups excluding carboxylic acids is 1. The molecule has 0 bridgehead atoms. The van der Waals surface area contributed by atoms with Crippen molar-refractivity contribution in [2.45, 2.75) is 82.3 Å². The Balaban J connectivity index is 1.77. The Labute approximate surface area is 220 Å². The zero-order chi connectivity index (χ0) is 28.7. The standard InChI is InChI=1S/C25H35F5N4O3S/c1-5-8-24(26,27)18-11-19(25(28,29)30)13-20(12-18)38(36,37)33-9-6-17(7-10-33)15-34-21(35)23(4,14-16(2)3)32-22(34)31/h11-13,16-17H,5-10,14-15H2,1-4H3,(H2,31,32). The molecular formula is C25H35F5N4O3S. The van der Waals surface area contributed by atoms with Crippen LogP contribution < -0.4 is 5.73 Å². The van der Waals surface area contributed by atoms with Gasteiger partial charge in [-0.1, -0.05) is 27.2 Å². The molecule has 7 nitrogen and oxygen atoms in total. The summed E-state index contributed by atoms with van der Waals surface area (Å²) in [6.45, 7) is 7.31. The van der Waals surface area contributed by atoms with Crippen molar-refractivity contribution < 1.29 is 35.2 Å². The second kappa shape index (κ2) is 10.7. The number of hydrogen-bond acceptors (Lipinski definition) is 5. The lowest BCUT2D eigenvalue weighted by atomic mass is 9.90. The van der Waals surface area contributed by atoms with E-state index >= 15 is 0 Å². The molecule has 0 saturated carbocycles. The van der Waals surface area contributed by atoms with Crippen molar-refractivity contribution in [1.29, 1.82) is 0 Å². The molecule has 0 aromatic heterocycles. The van der Waals surface area contributed by atoms with E-state index in [4.69, 9.17) is 5.73 Å². The normalized spacial score (nSPS) is 22.4. The van der Waals surface area contributed by atoms with Crippen LogP contribution in [0, 0.1) is 11.8 Å². The highest BCUT2D eigenvalue weighted by Crippen LogP contribution is 2.40. The summed E-state index contributed by atoms with van der Waals surface area (Å²) >= 11 is 0. The van der Waals surface area contributed by atoms with Crippen molar-refractivity contribution in [2.75, 3.05) is 19.6 Å². The second-order valence-electron chi connectivity index (χ2n) is 10.8. The van der Waals surface area contributed by atoms with E-state index in [0.717, 1.165) is 4.31 Å². The maximum Gasteiger partial charge on any atom is 0.416 e. The molecule has 1 fully saturated rings. The first-order chi connectivity index (χ1) is 17.4. The molecule has 0 spiro atoms. The average Bonchev–Trinajstić information content (AvgIpc) is 3.00. The van der Waals surface area contributed by atoms with Crippen molar-refractivity contribution in [3.05, 3.63) is 29.3 Å². The third-order valence-corrected chi connectivity index (χ3v) is 8.90. The number of rotatable bonds is 9. The number of halogens is 5. The summed E-state index contributed by atoms with van der Waals surface area (Å²) in [5.74, 6) is -3.62. The van der Waals surface area contributed by atoms with E-state index in [1.54, 1.807) is 6.92 Å². The van der Waals surface area contributed by atoms with E-state index in [1.165, 1.54) is 11.8 Å². The van der Waals surface area contributed by atoms with Gasteiger partial charge in [-0.15, -0.1) is 0 Å². The van der Waals surface area contributed by atoms with Crippen LogP contribution in [0.4, 0.5) is 22.0 Å². The van der Waals surface area contributed by atoms with E-state index in [0.29, 0.717) is 37.5 Å². The molecule has 2 aliphatic rings. The number of sulfonamides is 1. The SMILES string of the molecule is CCCC(F)(F)c1cc(C(F)(F)F)cc(S(=O)(=O)N2CCC(CN3C(=O)C(C)(CC(C)C)N=C3N)CC2)c1. The summed E-state index contributed by atoms with van der Waals surface area (Å²) in [6, 6.07) is 1.36. The van der Waals surface area contributed by atoms with E-state index in [9.17, 15) is 35.2 Å². The summed E-state index contributed by atoms with van der Waals surface area (Å²) in [4.78, 5) is 18.0. The molecule has 1 unspecified atom stereocenters. The first-order valence-electron chi connectivity index (χ1n) is 12.7. The third kappa shape index (κ3) is 6.30. The van der Waals surface area contributed by atoms with Crippen molar-refractivity contribution in [1.82, 2.24) is 9.21 Å². The van der Waals surface area contributed by atoms with Crippen LogP contribution in [-0.2, 0) is 26.9 Å². The fourth-order valence-electron chi connectivity index (χ4n) is 5.18. The van der Waals surface area contributed by atoms with E-state index < -0.39 is 50.1 Å². The van der Waals surface area contributed by atoms with Gasteiger partial charge in [0.2, 0.25) is 10.0 Å². The topological polar surface area (TPSA) is 96.1 Å². The number of nitrogens with two attached hydrogens (primary N) is 1. The lowest BCUT2D eigenvalue weighted by Crippen LogP contribution is -2.47. The van der Waals surface area contributed by atoms with Gasteiger partial charge in [0.1, 0.15) is 5.54 Å². The highest BCUT2D eigenvalue weighted by atomic mass is 32.2. The fraction of sp³-hybridized carbons (Fsp3) is 0.680. The van der Waals surface area contributed by atoms with Crippen LogP contribution in [0.3, 0.4) is 0 Å². The first kappa shape index (κ1) is 30.3. The molecular weight excluding hydrogens is 531 g/mol. The number of alkyl halides is 5. The molecule has 13 heteroatoms. The zero-order valence-corrected chi connectivity index (χ0v) is 22.8. The van der Waals surface area contributed by atoms with Gasteiger partial charge in [-0.2, -0.15) is 17.5 Å². The van der Waals surface area contributed by atoms with Gasteiger partial charge >= 0.3 is 6.18 Å². The summed E-state index contributed by atoms with van der Waals surface area (Å²) in [5, 5.41) is 0. The Kier molecular flexibility index (Phi) is 8.53. The number of aliphatic imine (C=N–C) groups is 1. The molecule has 38 heavy (non-hydrogen) atoms. The quantitative estimate of drug-likeness (QED) is 0.428. The molecule has 1 aromatic carbocycles. The van der Waals surface area contributed by atoms with Gasteiger partial charge in [0, 0.05) is 31.6 Å². The average molecular weight is 567 g/mol. The summed E-state index contributed by atoms with van der Waals surface area (Å²) < 4.78 is 97.0. The number of hydrogen-bond donors (Lipinski definition) is 1. The molecule has 2 N–H and O–H groups in total. The van der Waals surface area contributed by atoms with E-state index in [1.807, 2.05) is 13.8 Å². The predicted octanol–water partition coefficient (Wildman–Crippen LogP) is 4.96. The number of benzene rings is 1. The zero-order valence-electron chi connectivity index (χ0n) is 22.0. The molecule has 1 amide bonds. The Morgan fingerprint density at radius 2 is 1.68 bits per heavy atom. The first-order valence-corrected chi connectivity index (χ1v) is 14.1. The van der Waals surface area contributed by atoms with Gasteiger partial charge < -0.3 is 5.73 Å². The number of nitrogens with zero attached hydrogens (tertiary/aromatic N) is 3. The van der Waals surface area contributed by atoms with E-state index in [-0.39, 0.29) is 49.8 Å². The van der Waals surface area contributed by atoms with Crippen LogP contribution in [-0.4, -0.2) is 54.7 Å². The molecule has 1 aromatic rings. The molecule has 1 saturated heterocycles. The highest BCUT2D eigenvalue weighted by Gasteiger charge is 2.45. The summed E-state index contributed by atoms with van der Waals surface area (Å²) in [7, 11) is -4.48. The van der Waals surface area contributed by atoms with Crippen LogP contribution in [0.1, 0.15) is 70.9 Å². The van der Waals surface area contributed by atoms with Crippen molar-refractivity contribution in [2.24, 2.45) is 22.6 Å². The Morgan fingerprint density at radius 3 is 2.21 bits per heavy atom.